The van der Waals surface area contributed by atoms with Crippen LogP contribution in [0.1, 0.15) is 29.8 Å². The molecule has 5 nitrogen and oxygen atoms in total. The van der Waals surface area contributed by atoms with E-state index in [1.807, 2.05) is 18.3 Å². The molecule has 1 atom stereocenters. The smallest absolute Gasteiger partial charge is 0.0939 e. The summed E-state index contributed by atoms with van der Waals surface area (Å²) in [4.78, 5) is 6.71. The lowest BCUT2D eigenvalue weighted by Gasteiger charge is -2.36. The number of aromatic nitrogens is 3. The maximum atomic E-state index is 4.47. The molecule has 1 aromatic carbocycles. The normalized spacial score (nSPS) is 17.4. The third-order valence-corrected chi connectivity index (χ3v) is 5.09. The van der Waals surface area contributed by atoms with Gasteiger partial charge < -0.3 is 5.32 Å². The molecule has 1 unspecified atom stereocenters. The summed E-state index contributed by atoms with van der Waals surface area (Å²) in [7, 11) is 0. The van der Waals surface area contributed by atoms with Crippen molar-refractivity contribution in [1.82, 2.24) is 25.4 Å². The first kappa shape index (κ1) is 19.5. The lowest BCUT2D eigenvalue weighted by atomic mass is 10.0. The number of piperazine rings is 1. The summed E-state index contributed by atoms with van der Waals surface area (Å²) in [5.74, 6) is 0. The highest BCUT2D eigenvalue weighted by molar-refractivity contribution is 5.85. The van der Waals surface area contributed by atoms with E-state index < -0.39 is 0 Å². The quantitative estimate of drug-likeness (QED) is 0.706. The van der Waals surface area contributed by atoms with Crippen molar-refractivity contribution in [2.24, 2.45) is 0 Å². The third kappa shape index (κ3) is 4.56. The molecule has 3 heterocycles. The van der Waals surface area contributed by atoms with E-state index in [2.05, 4.69) is 62.7 Å². The molecular weight excluding hydrogens is 358 g/mol. The molecule has 27 heavy (non-hydrogen) atoms. The zero-order valence-electron chi connectivity index (χ0n) is 15.6. The number of H-pyrrole nitrogens is 1. The second-order valence-corrected chi connectivity index (χ2v) is 6.81. The lowest BCUT2D eigenvalue weighted by Crippen LogP contribution is -2.45. The van der Waals surface area contributed by atoms with Gasteiger partial charge in [0.2, 0.25) is 0 Å². The Morgan fingerprint density at radius 3 is 2.78 bits per heavy atom. The number of pyridine rings is 1. The van der Waals surface area contributed by atoms with Crippen molar-refractivity contribution >= 4 is 12.4 Å². The van der Waals surface area contributed by atoms with Gasteiger partial charge in [-0.3, -0.25) is 15.0 Å². The minimum absolute atomic E-state index is 0. The van der Waals surface area contributed by atoms with E-state index >= 15 is 0 Å². The molecule has 0 radical (unpaired) electrons. The summed E-state index contributed by atoms with van der Waals surface area (Å²) in [5.41, 5.74) is 5.90. The van der Waals surface area contributed by atoms with Crippen molar-refractivity contribution in [1.29, 1.82) is 0 Å². The third-order valence-electron chi connectivity index (χ3n) is 5.09. The molecule has 0 aliphatic carbocycles. The lowest BCUT2D eigenvalue weighted by molar-refractivity contribution is 0.152. The molecule has 2 aromatic heterocycles. The van der Waals surface area contributed by atoms with Gasteiger partial charge in [-0.1, -0.05) is 31.2 Å². The molecule has 142 valence electrons. The van der Waals surface area contributed by atoms with Crippen LogP contribution in [0.25, 0.3) is 11.3 Å². The Morgan fingerprint density at radius 2 is 2.04 bits per heavy atom. The zero-order valence-corrected chi connectivity index (χ0v) is 16.4. The predicted molar refractivity (Wildman–Crippen MR) is 111 cm³/mol. The fourth-order valence-electron chi connectivity index (χ4n) is 3.56. The Labute approximate surface area is 166 Å². The van der Waals surface area contributed by atoms with E-state index in [0.29, 0.717) is 6.04 Å². The summed E-state index contributed by atoms with van der Waals surface area (Å²) in [6.07, 6.45) is 4.72. The van der Waals surface area contributed by atoms with E-state index in [1.165, 1.54) is 11.1 Å². The maximum absolute atomic E-state index is 4.47. The number of nitrogens with zero attached hydrogens (tertiary/aromatic N) is 3. The summed E-state index contributed by atoms with van der Waals surface area (Å²) in [5, 5.41) is 11.2. The first-order valence-electron chi connectivity index (χ1n) is 9.32. The Bertz CT molecular complexity index is 831. The van der Waals surface area contributed by atoms with Crippen molar-refractivity contribution in [3.63, 3.8) is 0 Å². The van der Waals surface area contributed by atoms with Crippen LogP contribution in [0.15, 0.2) is 54.9 Å². The van der Waals surface area contributed by atoms with Crippen LogP contribution >= 0.6 is 12.4 Å². The van der Waals surface area contributed by atoms with Crippen LogP contribution in [-0.4, -0.2) is 39.7 Å². The Morgan fingerprint density at radius 1 is 1.19 bits per heavy atom. The minimum atomic E-state index is 0. The van der Waals surface area contributed by atoms with Gasteiger partial charge in [0.15, 0.2) is 0 Å². The number of nitrogens with one attached hydrogen (secondary N) is 2. The Hall–Kier alpha value is -2.21. The van der Waals surface area contributed by atoms with Gasteiger partial charge in [-0.15, -0.1) is 12.4 Å². The number of hydrogen-bond donors (Lipinski definition) is 2. The predicted octanol–water partition coefficient (Wildman–Crippen LogP) is 3.60. The van der Waals surface area contributed by atoms with E-state index in [1.54, 1.807) is 6.20 Å². The molecule has 6 heteroatoms. The highest BCUT2D eigenvalue weighted by Gasteiger charge is 2.24. The van der Waals surface area contributed by atoms with Gasteiger partial charge in [0.05, 0.1) is 5.69 Å². The average Bonchev–Trinajstić information content (AvgIpc) is 3.18. The first-order chi connectivity index (χ1) is 12.8. The minimum Gasteiger partial charge on any atom is -0.314 e. The Kier molecular flexibility index (Phi) is 6.61. The number of benzene rings is 1. The van der Waals surface area contributed by atoms with Gasteiger partial charge in [0.1, 0.15) is 0 Å². The van der Waals surface area contributed by atoms with Crippen molar-refractivity contribution in [2.75, 3.05) is 19.6 Å². The number of aryl methyl sites for hydroxylation is 1. The summed E-state index contributed by atoms with van der Waals surface area (Å²) in [6.45, 7) is 6.10. The van der Waals surface area contributed by atoms with Crippen LogP contribution < -0.4 is 5.32 Å². The molecule has 0 bridgehead atoms. The van der Waals surface area contributed by atoms with Gasteiger partial charge in [-0.05, 0) is 35.7 Å². The van der Waals surface area contributed by atoms with E-state index in [4.69, 9.17) is 0 Å². The maximum Gasteiger partial charge on any atom is 0.0939 e. The van der Waals surface area contributed by atoms with Crippen LogP contribution in [0.4, 0.5) is 0 Å². The molecular formula is C21H26ClN5. The van der Waals surface area contributed by atoms with Gasteiger partial charge in [0.25, 0.3) is 0 Å². The van der Waals surface area contributed by atoms with Crippen LogP contribution in [0, 0.1) is 0 Å². The van der Waals surface area contributed by atoms with Crippen molar-refractivity contribution in [2.45, 2.75) is 25.9 Å². The van der Waals surface area contributed by atoms with E-state index in [9.17, 15) is 0 Å². The number of hydrogen-bond acceptors (Lipinski definition) is 4. The van der Waals surface area contributed by atoms with Crippen LogP contribution in [0.2, 0.25) is 0 Å². The van der Waals surface area contributed by atoms with Crippen LogP contribution in [0.3, 0.4) is 0 Å². The van der Waals surface area contributed by atoms with E-state index in [0.717, 1.165) is 49.6 Å². The van der Waals surface area contributed by atoms with Crippen molar-refractivity contribution in [3.8, 4) is 11.3 Å². The molecule has 0 saturated carbocycles. The van der Waals surface area contributed by atoms with Gasteiger partial charge >= 0.3 is 0 Å². The molecule has 0 amide bonds. The zero-order chi connectivity index (χ0) is 17.8. The summed E-state index contributed by atoms with van der Waals surface area (Å²) >= 11 is 0. The molecule has 2 N–H and O–H groups in total. The molecule has 1 saturated heterocycles. The fraction of sp³-hybridized carbons (Fsp3) is 0.333. The van der Waals surface area contributed by atoms with E-state index in [-0.39, 0.29) is 12.4 Å². The number of aromatic amines is 1. The number of rotatable bonds is 5. The molecule has 3 aromatic rings. The summed E-state index contributed by atoms with van der Waals surface area (Å²) in [6, 6.07) is 15.6. The number of halogens is 1. The first-order valence-corrected chi connectivity index (χ1v) is 9.32. The Balaban J connectivity index is 0.00000210. The van der Waals surface area contributed by atoms with Crippen LogP contribution in [-0.2, 0) is 13.0 Å². The van der Waals surface area contributed by atoms with Gasteiger partial charge in [-0.2, -0.15) is 5.10 Å². The largest absolute Gasteiger partial charge is 0.314 e. The SMILES string of the molecule is CCc1ccc(C2CNCCN2Cc2cc(-c3cccnc3)n[nH]2)cc1.Cl. The monoisotopic (exact) mass is 383 g/mol. The van der Waals surface area contributed by atoms with Gasteiger partial charge in [-0.25, -0.2) is 0 Å². The van der Waals surface area contributed by atoms with Crippen LogP contribution in [0.5, 0.6) is 0 Å². The van der Waals surface area contributed by atoms with Gasteiger partial charge in [0, 0.05) is 55.9 Å². The molecule has 1 aliphatic rings. The standard InChI is InChI=1S/C21H25N5.ClH/c1-2-16-5-7-17(8-6-16)21-14-23-10-11-26(21)15-19-12-20(25-24-19)18-4-3-9-22-13-18;/h3-9,12-13,21,23H,2,10-11,14-15H2,1H3,(H,24,25);1H. The molecule has 0 spiro atoms. The fourth-order valence-corrected chi connectivity index (χ4v) is 3.56. The summed E-state index contributed by atoms with van der Waals surface area (Å²) < 4.78 is 0. The van der Waals surface area contributed by atoms with Crippen molar-refractivity contribution in [3.05, 3.63) is 71.7 Å². The second kappa shape index (κ2) is 9.13. The molecule has 1 aliphatic heterocycles. The highest BCUT2D eigenvalue weighted by atomic mass is 35.5. The second-order valence-electron chi connectivity index (χ2n) is 6.81. The molecule has 4 rings (SSSR count). The topological polar surface area (TPSA) is 56.8 Å². The molecule has 1 fully saturated rings. The average molecular weight is 384 g/mol. The highest BCUT2D eigenvalue weighted by Crippen LogP contribution is 2.25. The van der Waals surface area contributed by atoms with Crippen molar-refractivity contribution < 1.29 is 0 Å².